The third kappa shape index (κ3) is 10.7. The van der Waals surface area contributed by atoms with Gasteiger partial charge in [-0.25, -0.2) is 0 Å². The highest BCUT2D eigenvalue weighted by Gasteiger charge is 2.04. The van der Waals surface area contributed by atoms with E-state index in [9.17, 15) is 0 Å². The van der Waals surface area contributed by atoms with Crippen LogP contribution in [0.2, 0.25) is 0 Å². The lowest BCUT2D eigenvalue weighted by molar-refractivity contribution is 0.205. The van der Waals surface area contributed by atoms with Gasteiger partial charge < -0.3 is 4.74 Å². The van der Waals surface area contributed by atoms with Crippen molar-refractivity contribution in [3.8, 4) is 0 Å². The molecule has 0 aromatic carbocycles. The second-order valence-corrected chi connectivity index (χ2v) is 5.70. The van der Waals surface area contributed by atoms with Crippen LogP contribution in [0.5, 0.6) is 0 Å². The van der Waals surface area contributed by atoms with Gasteiger partial charge in [0.05, 0.1) is 6.10 Å². The summed E-state index contributed by atoms with van der Waals surface area (Å²) in [6.07, 6.45) is 12.9. The van der Waals surface area contributed by atoms with Crippen molar-refractivity contribution in [3.63, 3.8) is 0 Å². The van der Waals surface area contributed by atoms with Crippen LogP contribution in [-0.2, 0) is 4.74 Å². The SMILES string of the molecule is CCCCCCCCCC(C)OC(=S)SC. The Labute approximate surface area is 111 Å². The van der Waals surface area contributed by atoms with Gasteiger partial charge in [-0.1, -0.05) is 57.2 Å². The van der Waals surface area contributed by atoms with Crippen LogP contribution in [-0.4, -0.2) is 16.7 Å². The van der Waals surface area contributed by atoms with Crippen molar-refractivity contribution >= 4 is 28.4 Å². The third-order valence-corrected chi connectivity index (χ3v) is 3.70. The largest absolute Gasteiger partial charge is 0.476 e. The average molecular weight is 262 g/mol. The predicted molar refractivity (Wildman–Crippen MR) is 79.3 cm³/mol. The highest BCUT2D eigenvalue weighted by molar-refractivity contribution is 8.22. The van der Waals surface area contributed by atoms with Gasteiger partial charge in [-0.05, 0) is 38.2 Å². The molecule has 0 aliphatic heterocycles. The summed E-state index contributed by atoms with van der Waals surface area (Å²) in [5.74, 6) is 0. The zero-order chi connectivity index (χ0) is 12.2. The molecule has 0 aromatic rings. The first kappa shape index (κ1) is 16.2. The highest BCUT2D eigenvalue weighted by Crippen LogP contribution is 2.12. The van der Waals surface area contributed by atoms with E-state index in [0.29, 0.717) is 4.38 Å². The number of ether oxygens (including phenoxy) is 1. The Kier molecular flexibility index (Phi) is 11.9. The number of unbranched alkanes of at least 4 members (excludes halogenated alkanes) is 6. The predicted octanol–water partition coefficient (Wildman–Crippen LogP) is 5.18. The summed E-state index contributed by atoms with van der Waals surface area (Å²) in [6, 6.07) is 0. The fourth-order valence-corrected chi connectivity index (χ4v) is 2.08. The smallest absolute Gasteiger partial charge is 0.219 e. The summed E-state index contributed by atoms with van der Waals surface area (Å²) >= 11 is 6.54. The molecule has 0 saturated carbocycles. The summed E-state index contributed by atoms with van der Waals surface area (Å²) in [7, 11) is 0. The Morgan fingerprint density at radius 3 is 2.25 bits per heavy atom. The number of thioether (sulfide) groups is 1. The number of rotatable bonds is 9. The molecular weight excluding hydrogens is 236 g/mol. The van der Waals surface area contributed by atoms with Crippen LogP contribution in [0.4, 0.5) is 0 Å². The Hall–Kier alpha value is 0.240. The number of thiocarbonyl (C=S) groups is 1. The molecular formula is C13H26OS2. The minimum atomic E-state index is 0.288. The average Bonchev–Trinajstić information content (AvgIpc) is 2.27. The van der Waals surface area contributed by atoms with E-state index < -0.39 is 0 Å². The fraction of sp³-hybridized carbons (Fsp3) is 0.923. The zero-order valence-electron chi connectivity index (χ0n) is 11.0. The lowest BCUT2D eigenvalue weighted by atomic mass is 10.1. The molecule has 16 heavy (non-hydrogen) atoms. The lowest BCUT2D eigenvalue weighted by Gasteiger charge is -2.13. The van der Waals surface area contributed by atoms with Crippen LogP contribution in [0.25, 0.3) is 0 Å². The van der Waals surface area contributed by atoms with Crippen molar-refractivity contribution in [2.75, 3.05) is 6.26 Å². The molecule has 96 valence electrons. The van der Waals surface area contributed by atoms with Crippen LogP contribution in [0.3, 0.4) is 0 Å². The lowest BCUT2D eigenvalue weighted by Crippen LogP contribution is -2.10. The van der Waals surface area contributed by atoms with Crippen LogP contribution in [0.1, 0.15) is 65.2 Å². The highest BCUT2D eigenvalue weighted by atomic mass is 32.2. The van der Waals surface area contributed by atoms with Gasteiger partial charge in [-0.3, -0.25) is 0 Å². The molecule has 1 atom stereocenters. The molecule has 1 unspecified atom stereocenters. The second-order valence-electron chi connectivity index (χ2n) is 4.29. The van der Waals surface area contributed by atoms with E-state index in [1.165, 1.54) is 56.7 Å². The first-order valence-corrected chi connectivity index (χ1v) is 8.08. The van der Waals surface area contributed by atoms with E-state index in [2.05, 4.69) is 13.8 Å². The quantitative estimate of drug-likeness (QED) is 0.418. The Morgan fingerprint density at radius 2 is 1.69 bits per heavy atom. The number of hydrogen-bond donors (Lipinski definition) is 0. The van der Waals surface area contributed by atoms with Crippen molar-refractivity contribution in [3.05, 3.63) is 0 Å². The maximum Gasteiger partial charge on any atom is 0.219 e. The minimum absolute atomic E-state index is 0.288. The Morgan fingerprint density at radius 1 is 1.12 bits per heavy atom. The molecule has 0 amide bonds. The molecule has 0 spiro atoms. The van der Waals surface area contributed by atoms with Gasteiger partial charge in [0.1, 0.15) is 0 Å². The molecule has 0 aliphatic carbocycles. The van der Waals surface area contributed by atoms with Gasteiger partial charge in [0.2, 0.25) is 4.38 Å². The van der Waals surface area contributed by atoms with Gasteiger partial charge in [0.15, 0.2) is 0 Å². The van der Waals surface area contributed by atoms with E-state index in [1.807, 2.05) is 6.26 Å². The van der Waals surface area contributed by atoms with Gasteiger partial charge in [0, 0.05) is 0 Å². The topological polar surface area (TPSA) is 9.23 Å². The van der Waals surface area contributed by atoms with Crippen molar-refractivity contribution in [2.24, 2.45) is 0 Å². The van der Waals surface area contributed by atoms with E-state index in [-0.39, 0.29) is 6.10 Å². The summed E-state index contributed by atoms with van der Waals surface area (Å²) < 4.78 is 6.22. The fourth-order valence-electron chi connectivity index (χ4n) is 1.66. The van der Waals surface area contributed by atoms with Crippen molar-refractivity contribution in [1.29, 1.82) is 0 Å². The molecule has 0 aromatic heterocycles. The maximum atomic E-state index is 5.54. The molecule has 0 saturated heterocycles. The molecule has 0 bridgehead atoms. The molecule has 0 radical (unpaired) electrons. The standard InChI is InChI=1S/C13H26OS2/c1-4-5-6-7-8-9-10-11-12(2)14-13(15)16-3/h12H,4-11H2,1-3H3. The second kappa shape index (κ2) is 11.7. The minimum Gasteiger partial charge on any atom is -0.476 e. The van der Waals surface area contributed by atoms with Gasteiger partial charge in [-0.2, -0.15) is 0 Å². The van der Waals surface area contributed by atoms with Crippen LogP contribution < -0.4 is 0 Å². The molecule has 0 fully saturated rings. The van der Waals surface area contributed by atoms with Crippen LogP contribution in [0.15, 0.2) is 0 Å². The van der Waals surface area contributed by atoms with E-state index >= 15 is 0 Å². The first-order valence-electron chi connectivity index (χ1n) is 6.45. The van der Waals surface area contributed by atoms with Crippen LogP contribution >= 0.6 is 24.0 Å². The van der Waals surface area contributed by atoms with Gasteiger partial charge in [0.25, 0.3) is 0 Å². The Balaban J connectivity index is 3.21. The molecule has 0 heterocycles. The molecule has 3 heteroatoms. The number of hydrogen-bond acceptors (Lipinski definition) is 3. The van der Waals surface area contributed by atoms with Crippen molar-refractivity contribution in [2.45, 2.75) is 71.3 Å². The third-order valence-electron chi connectivity index (χ3n) is 2.68. The van der Waals surface area contributed by atoms with Crippen molar-refractivity contribution in [1.82, 2.24) is 0 Å². The Bertz CT molecular complexity index is 171. The zero-order valence-corrected chi connectivity index (χ0v) is 12.6. The molecule has 0 rings (SSSR count). The monoisotopic (exact) mass is 262 g/mol. The summed E-state index contributed by atoms with van der Waals surface area (Å²) in [4.78, 5) is 0. The van der Waals surface area contributed by atoms with E-state index in [1.54, 1.807) is 0 Å². The summed E-state index contributed by atoms with van der Waals surface area (Å²) in [5.41, 5.74) is 0. The first-order chi connectivity index (χ1) is 7.70. The maximum absolute atomic E-state index is 5.54. The van der Waals surface area contributed by atoms with Gasteiger partial charge >= 0.3 is 0 Å². The van der Waals surface area contributed by atoms with Crippen molar-refractivity contribution < 1.29 is 4.74 Å². The van der Waals surface area contributed by atoms with E-state index in [0.717, 1.165) is 6.42 Å². The summed E-state index contributed by atoms with van der Waals surface area (Å²) in [5, 5.41) is 0. The molecule has 0 aliphatic rings. The molecule has 0 N–H and O–H groups in total. The van der Waals surface area contributed by atoms with E-state index in [4.69, 9.17) is 17.0 Å². The van der Waals surface area contributed by atoms with Gasteiger partial charge in [-0.15, -0.1) is 0 Å². The summed E-state index contributed by atoms with van der Waals surface area (Å²) in [6.45, 7) is 4.37. The van der Waals surface area contributed by atoms with Crippen LogP contribution in [0, 0.1) is 0 Å². The molecule has 1 nitrogen and oxygen atoms in total. The normalized spacial score (nSPS) is 12.4.